The van der Waals surface area contributed by atoms with E-state index in [0.29, 0.717) is 10.7 Å². The van der Waals surface area contributed by atoms with E-state index in [1.54, 1.807) is 37.4 Å². The topological polar surface area (TPSA) is 71.4 Å². The fourth-order valence-corrected chi connectivity index (χ4v) is 5.73. The average Bonchev–Trinajstić information content (AvgIpc) is 3.18. The van der Waals surface area contributed by atoms with Gasteiger partial charge in [0.05, 0.1) is 4.90 Å². The van der Waals surface area contributed by atoms with E-state index >= 15 is 0 Å². The second kappa shape index (κ2) is 11.2. The average molecular weight is 512 g/mol. The van der Waals surface area contributed by atoms with Crippen LogP contribution in [0, 0.1) is 0 Å². The Morgan fingerprint density at radius 3 is 2.31 bits per heavy atom. The van der Waals surface area contributed by atoms with Crippen LogP contribution in [0.5, 0.6) is 0 Å². The Morgan fingerprint density at radius 2 is 1.66 bits per heavy atom. The lowest BCUT2D eigenvalue weighted by Crippen LogP contribution is -2.34. The lowest BCUT2D eigenvalue weighted by atomic mass is 10.1. The molecule has 8 heteroatoms. The highest BCUT2D eigenvalue weighted by atomic mass is 35.5. The molecule has 1 aromatic heterocycles. The van der Waals surface area contributed by atoms with Crippen LogP contribution in [0.15, 0.2) is 77.8 Å². The Labute approximate surface area is 212 Å². The fourth-order valence-electron chi connectivity index (χ4n) is 4.30. The summed E-state index contributed by atoms with van der Waals surface area (Å²) in [4.78, 5) is 14.5. The van der Waals surface area contributed by atoms with Crippen molar-refractivity contribution < 1.29 is 13.2 Å². The Kier molecular flexibility index (Phi) is 8.11. The Bertz CT molecular complexity index is 1270. The van der Waals surface area contributed by atoms with Gasteiger partial charge in [0.2, 0.25) is 10.0 Å². The summed E-state index contributed by atoms with van der Waals surface area (Å²) >= 11 is 5.98. The number of sulfonamides is 1. The van der Waals surface area contributed by atoms with Crippen molar-refractivity contribution >= 4 is 39.3 Å². The minimum absolute atomic E-state index is 0.0108. The first-order valence-electron chi connectivity index (χ1n) is 11.8. The summed E-state index contributed by atoms with van der Waals surface area (Å²) in [7, 11) is -1.93. The third kappa shape index (κ3) is 6.42. The summed E-state index contributed by atoms with van der Waals surface area (Å²) < 4.78 is 30.4. The zero-order valence-electron chi connectivity index (χ0n) is 19.7. The second-order valence-corrected chi connectivity index (χ2v) is 11.0. The molecule has 0 atom stereocenters. The number of aromatic nitrogens is 1. The molecule has 1 N–H and O–H groups in total. The third-order valence-corrected chi connectivity index (χ3v) is 8.11. The monoisotopic (exact) mass is 511 g/mol. The van der Waals surface area contributed by atoms with E-state index in [9.17, 15) is 13.2 Å². The maximum Gasteiger partial charge on any atom is 0.250 e. The van der Waals surface area contributed by atoms with E-state index in [2.05, 4.69) is 4.72 Å². The van der Waals surface area contributed by atoms with Gasteiger partial charge in [-0.2, -0.15) is 0 Å². The minimum atomic E-state index is -3.59. The van der Waals surface area contributed by atoms with Gasteiger partial charge >= 0.3 is 0 Å². The first kappa shape index (κ1) is 25.2. The Morgan fingerprint density at radius 1 is 1.00 bits per heavy atom. The number of anilines is 1. The van der Waals surface area contributed by atoms with Crippen molar-refractivity contribution in [3.8, 4) is 5.69 Å². The molecule has 1 aliphatic carbocycles. The molecular formula is C27H30ClN3O3S. The van der Waals surface area contributed by atoms with Crippen LogP contribution in [0.4, 0.5) is 5.69 Å². The highest BCUT2D eigenvalue weighted by Crippen LogP contribution is 2.22. The smallest absolute Gasteiger partial charge is 0.250 e. The lowest BCUT2D eigenvalue weighted by molar-refractivity contribution is -0.113. The van der Waals surface area contributed by atoms with Gasteiger partial charge in [-0.1, -0.05) is 37.3 Å². The second-order valence-electron chi connectivity index (χ2n) is 8.81. The number of hydrogen-bond donors (Lipinski definition) is 1. The number of hydrogen-bond acceptors (Lipinski definition) is 3. The van der Waals surface area contributed by atoms with Gasteiger partial charge in [0.25, 0.3) is 5.91 Å². The van der Waals surface area contributed by atoms with Crippen molar-refractivity contribution in [1.82, 2.24) is 9.29 Å². The Hall–Kier alpha value is -2.87. The van der Waals surface area contributed by atoms with Crippen molar-refractivity contribution in [3.63, 3.8) is 0 Å². The van der Waals surface area contributed by atoms with Crippen LogP contribution in [0.25, 0.3) is 11.8 Å². The molecule has 1 amide bonds. The zero-order chi connectivity index (χ0) is 24.8. The molecule has 0 spiro atoms. The number of rotatable bonds is 7. The van der Waals surface area contributed by atoms with E-state index in [-0.39, 0.29) is 16.8 Å². The molecular weight excluding hydrogens is 482 g/mol. The summed E-state index contributed by atoms with van der Waals surface area (Å²) in [6.45, 7) is 0. The number of nitrogens with one attached hydrogen (secondary N) is 1. The summed E-state index contributed by atoms with van der Waals surface area (Å²) in [5.41, 5.74) is 2.40. The van der Waals surface area contributed by atoms with E-state index < -0.39 is 10.0 Å². The molecule has 6 nitrogen and oxygen atoms in total. The van der Waals surface area contributed by atoms with Crippen LogP contribution in [0.1, 0.15) is 44.2 Å². The highest BCUT2D eigenvalue weighted by molar-refractivity contribution is 7.89. The fraction of sp³-hybridized carbons (Fsp3) is 0.296. The molecule has 1 fully saturated rings. The van der Waals surface area contributed by atoms with E-state index in [1.165, 1.54) is 11.0 Å². The molecule has 4 rings (SSSR count). The predicted octanol–water partition coefficient (Wildman–Crippen LogP) is 5.81. The molecule has 0 unspecified atom stereocenters. The molecule has 1 heterocycles. The van der Waals surface area contributed by atoms with E-state index in [1.807, 2.05) is 47.2 Å². The summed E-state index contributed by atoms with van der Waals surface area (Å²) in [6, 6.07) is 17.7. The van der Waals surface area contributed by atoms with Gasteiger partial charge in [-0.05, 0) is 79.6 Å². The normalized spacial score (nSPS) is 15.3. The van der Waals surface area contributed by atoms with Crippen molar-refractivity contribution in [2.75, 3.05) is 11.9 Å². The van der Waals surface area contributed by atoms with Crippen molar-refractivity contribution in [1.29, 1.82) is 0 Å². The lowest BCUT2D eigenvalue weighted by Gasteiger charge is -2.18. The van der Waals surface area contributed by atoms with Gasteiger partial charge in [-0.3, -0.25) is 4.79 Å². The molecule has 184 valence electrons. The van der Waals surface area contributed by atoms with Crippen molar-refractivity contribution in [2.24, 2.45) is 0 Å². The summed E-state index contributed by atoms with van der Waals surface area (Å²) in [6.07, 6.45) is 11.4. The Balaban J connectivity index is 1.42. The minimum Gasteiger partial charge on any atom is -0.317 e. The molecule has 0 bridgehead atoms. The molecule has 0 saturated heterocycles. The van der Waals surface area contributed by atoms with Gasteiger partial charge in [-0.25, -0.2) is 13.1 Å². The van der Waals surface area contributed by atoms with Crippen molar-refractivity contribution in [2.45, 2.75) is 49.5 Å². The SMILES string of the molecule is CN(C(=O)C=Cc1cccn1-c1ccc(Cl)cc1)c1ccc(S(=O)(=O)NC2CCCCCC2)cc1. The van der Waals surface area contributed by atoms with Gasteiger partial charge in [0.1, 0.15) is 0 Å². The van der Waals surface area contributed by atoms with Crippen LogP contribution in [0.2, 0.25) is 5.02 Å². The first-order valence-corrected chi connectivity index (χ1v) is 13.7. The quantitative estimate of drug-likeness (QED) is 0.321. The zero-order valence-corrected chi connectivity index (χ0v) is 21.3. The molecule has 0 radical (unpaired) electrons. The number of carbonyl (C=O) groups is 1. The van der Waals surface area contributed by atoms with Crippen molar-refractivity contribution in [3.05, 3.63) is 83.7 Å². The molecule has 0 aliphatic heterocycles. The van der Waals surface area contributed by atoms with Gasteiger partial charge in [-0.15, -0.1) is 0 Å². The van der Waals surface area contributed by atoms with Crippen LogP contribution >= 0.6 is 11.6 Å². The molecule has 35 heavy (non-hydrogen) atoms. The molecule has 1 saturated carbocycles. The highest BCUT2D eigenvalue weighted by Gasteiger charge is 2.21. The number of amides is 1. The number of likely N-dealkylation sites (N-methyl/N-ethyl adjacent to an activating group) is 1. The van der Waals surface area contributed by atoms with Crippen LogP contribution in [-0.2, 0) is 14.8 Å². The number of nitrogens with zero attached hydrogens (tertiary/aromatic N) is 2. The van der Waals surface area contributed by atoms with Crippen LogP contribution < -0.4 is 9.62 Å². The van der Waals surface area contributed by atoms with E-state index in [0.717, 1.165) is 49.9 Å². The number of halogens is 1. The number of carbonyl (C=O) groups excluding carboxylic acids is 1. The maximum atomic E-state index is 12.8. The standard InChI is InChI=1S/C27H30ClN3O3S/c1-30(27(32)19-16-24-9-6-20-31(24)25-12-10-21(28)11-13-25)23-14-17-26(18-15-23)35(33,34)29-22-7-4-2-3-5-8-22/h6,9-20,22,29H,2-5,7-8H2,1H3. The van der Waals surface area contributed by atoms with Gasteiger partial charge < -0.3 is 9.47 Å². The number of benzene rings is 2. The predicted molar refractivity (Wildman–Crippen MR) is 141 cm³/mol. The molecule has 2 aromatic carbocycles. The molecule has 1 aliphatic rings. The molecule has 3 aromatic rings. The summed E-state index contributed by atoms with van der Waals surface area (Å²) in [5.74, 6) is -0.221. The first-order chi connectivity index (χ1) is 16.8. The van der Waals surface area contributed by atoms with Crippen LogP contribution in [-0.4, -0.2) is 32.0 Å². The third-order valence-electron chi connectivity index (χ3n) is 6.32. The van der Waals surface area contributed by atoms with E-state index in [4.69, 9.17) is 11.6 Å². The largest absolute Gasteiger partial charge is 0.317 e. The van der Waals surface area contributed by atoms with Gasteiger partial charge in [0.15, 0.2) is 0 Å². The summed E-state index contributed by atoms with van der Waals surface area (Å²) in [5, 5.41) is 0.661. The maximum absolute atomic E-state index is 12.8. The van der Waals surface area contributed by atoms with Gasteiger partial charge in [0, 0.05) is 47.5 Å². The van der Waals surface area contributed by atoms with Crippen LogP contribution in [0.3, 0.4) is 0 Å².